The molecule has 2 heterocycles. The van der Waals surface area contributed by atoms with Gasteiger partial charge < -0.3 is 10.0 Å². The van der Waals surface area contributed by atoms with Gasteiger partial charge in [-0.15, -0.1) is 0 Å². The van der Waals surface area contributed by atoms with Crippen LogP contribution in [-0.2, 0) is 14.4 Å². The molecule has 9 nitrogen and oxygen atoms in total. The van der Waals surface area contributed by atoms with Crippen LogP contribution in [-0.4, -0.2) is 59.2 Å². The van der Waals surface area contributed by atoms with Gasteiger partial charge in [0.2, 0.25) is 11.8 Å². The van der Waals surface area contributed by atoms with Crippen LogP contribution in [0.2, 0.25) is 0 Å². The largest absolute Gasteiger partial charge is 0.481 e. The number of benzene rings is 1. The lowest BCUT2D eigenvalue weighted by atomic mass is 10.0. The fourth-order valence-electron chi connectivity index (χ4n) is 3.20. The number of carbonyl (C=O) groups excluding carboxylic acids is 4. The van der Waals surface area contributed by atoms with Gasteiger partial charge in [-0.25, -0.2) is 0 Å². The molecule has 0 aromatic heterocycles. The molecular formula is C17H17N3O6. The van der Waals surface area contributed by atoms with E-state index in [1.807, 2.05) is 0 Å². The molecule has 1 aromatic rings. The number of carboxylic acid groups (broad SMARTS) is 1. The Balaban J connectivity index is 1.93. The zero-order valence-electron chi connectivity index (χ0n) is 14.0. The minimum absolute atomic E-state index is 0.0508. The zero-order chi connectivity index (χ0) is 19.0. The Morgan fingerprint density at radius 2 is 2.00 bits per heavy atom. The molecule has 4 amide bonds. The number of piperidine rings is 1. The molecule has 1 unspecified atom stereocenters. The second-order valence-corrected chi connectivity index (χ2v) is 6.21. The Morgan fingerprint density at radius 3 is 2.65 bits per heavy atom. The number of nitrogens with zero attached hydrogens (tertiary/aromatic N) is 2. The Bertz CT molecular complexity index is 834. The van der Waals surface area contributed by atoms with Crippen molar-refractivity contribution < 1.29 is 29.1 Å². The van der Waals surface area contributed by atoms with E-state index in [1.54, 1.807) is 24.1 Å². The number of fused-ring (bicyclic) bond motifs is 1. The van der Waals surface area contributed by atoms with Crippen LogP contribution in [0.1, 0.15) is 40.0 Å². The molecule has 26 heavy (non-hydrogen) atoms. The molecule has 0 spiro atoms. The predicted octanol–water partition coefficient (Wildman–Crippen LogP) is -0.00130. The summed E-state index contributed by atoms with van der Waals surface area (Å²) in [5, 5.41) is 11.0. The molecule has 1 atom stereocenters. The highest BCUT2D eigenvalue weighted by atomic mass is 16.4. The van der Waals surface area contributed by atoms with E-state index in [2.05, 4.69) is 5.32 Å². The second-order valence-electron chi connectivity index (χ2n) is 6.21. The summed E-state index contributed by atoms with van der Waals surface area (Å²) in [6, 6.07) is 3.69. The normalized spacial score (nSPS) is 19.4. The number of aliphatic carboxylic acids is 1. The van der Waals surface area contributed by atoms with Crippen LogP contribution in [0.5, 0.6) is 0 Å². The van der Waals surface area contributed by atoms with Crippen molar-refractivity contribution in [3.8, 4) is 0 Å². The first kappa shape index (κ1) is 17.6. The summed E-state index contributed by atoms with van der Waals surface area (Å²) < 4.78 is 0. The summed E-state index contributed by atoms with van der Waals surface area (Å²) in [6.07, 6.45) is 0.00860. The van der Waals surface area contributed by atoms with E-state index in [0.717, 1.165) is 4.90 Å². The maximum Gasteiger partial charge on any atom is 0.305 e. The molecule has 1 aromatic carbocycles. The van der Waals surface area contributed by atoms with Crippen LogP contribution >= 0.6 is 0 Å². The van der Waals surface area contributed by atoms with E-state index in [9.17, 15) is 24.0 Å². The Morgan fingerprint density at radius 1 is 1.27 bits per heavy atom. The summed E-state index contributed by atoms with van der Waals surface area (Å²) in [5.74, 6) is -3.28. The minimum Gasteiger partial charge on any atom is -0.481 e. The monoisotopic (exact) mass is 359 g/mol. The van der Waals surface area contributed by atoms with Gasteiger partial charge in [0.1, 0.15) is 6.04 Å². The highest BCUT2D eigenvalue weighted by Crippen LogP contribution is 2.33. The quantitative estimate of drug-likeness (QED) is 0.709. The van der Waals surface area contributed by atoms with Crippen LogP contribution < -0.4 is 10.2 Å². The lowest BCUT2D eigenvalue weighted by molar-refractivity contribution is -0.137. The molecule has 2 aliphatic rings. The van der Waals surface area contributed by atoms with Gasteiger partial charge in [0.15, 0.2) is 0 Å². The van der Waals surface area contributed by atoms with E-state index in [0.29, 0.717) is 5.69 Å². The summed E-state index contributed by atoms with van der Waals surface area (Å²) >= 11 is 0. The lowest BCUT2D eigenvalue weighted by Gasteiger charge is -2.28. The first-order valence-corrected chi connectivity index (χ1v) is 8.08. The number of carboxylic acids is 1. The van der Waals surface area contributed by atoms with Crippen molar-refractivity contribution in [3.05, 3.63) is 29.3 Å². The summed E-state index contributed by atoms with van der Waals surface area (Å²) in [4.78, 5) is 62.2. The highest BCUT2D eigenvalue weighted by molar-refractivity contribution is 6.25. The van der Waals surface area contributed by atoms with Crippen LogP contribution in [0.25, 0.3) is 0 Å². The number of rotatable bonds is 5. The van der Waals surface area contributed by atoms with Gasteiger partial charge in [0.25, 0.3) is 11.8 Å². The Hall–Kier alpha value is -3.23. The molecule has 0 saturated carbocycles. The maximum absolute atomic E-state index is 12.9. The fourth-order valence-corrected chi connectivity index (χ4v) is 3.20. The van der Waals surface area contributed by atoms with Gasteiger partial charge in [-0.2, -0.15) is 0 Å². The number of carbonyl (C=O) groups is 5. The number of anilines is 1. The van der Waals surface area contributed by atoms with Crippen molar-refractivity contribution in [1.82, 2.24) is 10.2 Å². The van der Waals surface area contributed by atoms with Crippen LogP contribution in [0.3, 0.4) is 0 Å². The summed E-state index contributed by atoms with van der Waals surface area (Å²) in [7, 11) is 1.63. The number of nitrogens with one attached hydrogen (secondary N) is 1. The summed E-state index contributed by atoms with van der Waals surface area (Å²) in [6.45, 7) is 0.158. The number of amides is 4. The van der Waals surface area contributed by atoms with E-state index in [4.69, 9.17) is 5.11 Å². The van der Waals surface area contributed by atoms with E-state index in [-0.39, 0.29) is 36.9 Å². The van der Waals surface area contributed by atoms with Crippen molar-refractivity contribution in [2.45, 2.75) is 25.3 Å². The van der Waals surface area contributed by atoms with Crippen molar-refractivity contribution >= 4 is 35.3 Å². The Kier molecular flexibility index (Phi) is 4.45. The molecule has 0 bridgehead atoms. The van der Waals surface area contributed by atoms with Gasteiger partial charge in [-0.05, 0) is 18.6 Å². The molecular weight excluding hydrogens is 342 g/mol. The van der Waals surface area contributed by atoms with Gasteiger partial charge in [-0.1, -0.05) is 6.07 Å². The molecule has 3 rings (SSSR count). The third-order valence-electron chi connectivity index (χ3n) is 4.52. The number of hydrogen-bond acceptors (Lipinski definition) is 6. The van der Waals surface area contributed by atoms with Gasteiger partial charge >= 0.3 is 5.97 Å². The molecule has 2 N–H and O–H groups in total. The first-order chi connectivity index (χ1) is 12.3. The smallest absolute Gasteiger partial charge is 0.305 e. The Labute approximate surface area is 148 Å². The average molecular weight is 359 g/mol. The maximum atomic E-state index is 12.9. The van der Waals surface area contributed by atoms with E-state index in [1.165, 1.54) is 6.07 Å². The summed E-state index contributed by atoms with van der Waals surface area (Å²) in [5.41, 5.74) is 0.742. The average Bonchev–Trinajstić information content (AvgIpc) is 2.84. The SMILES string of the molecule is CN(CCC(=O)O)c1cccc2c1C(=O)N(C1CCC(=O)NC1=O)C2=O. The van der Waals surface area contributed by atoms with E-state index >= 15 is 0 Å². The second kappa shape index (κ2) is 6.58. The topological polar surface area (TPSA) is 124 Å². The van der Waals surface area contributed by atoms with Crippen molar-refractivity contribution in [3.63, 3.8) is 0 Å². The van der Waals surface area contributed by atoms with Crippen molar-refractivity contribution in [2.75, 3.05) is 18.5 Å². The minimum atomic E-state index is -1.03. The zero-order valence-corrected chi connectivity index (χ0v) is 14.0. The van der Waals surface area contributed by atoms with Crippen LogP contribution in [0, 0.1) is 0 Å². The standard InChI is InChI=1S/C17H17N3O6/c1-19(8-7-13(22)23)10-4-2-3-9-14(10)17(26)20(16(9)25)11-5-6-12(21)18-15(11)24/h2-4,11H,5-8H2,1H3,(H,22,23)(H,18,21,24). The molecule has 1 saturated heterocycles. The van der Waals surface area contributed by atoms with Gasteiger partial charge in [-0.3, -0.25) is 34.2 Å². The molecule has 9 heteroatoms. The van der Waals surface area contributed by atoms with Gasteiger partial charge in [0, 0.05) is 20.0 Å². The lowest BCUT2D eigenvalue weighted by Crippen LogP contribution is -2.54. The van der Waals surface area contributed by atoms with Crippen LogP contribution in [0.4, 0.5) is 5.69 Å². The molecule has 136 valence electrons. The third-order valence-corrected chi connectivity index (χ3v) is 4.52. The molecule has 0 radical (unpaired) electrons. The van der Waals surface area contributed by atoms with Crippen LogP contribution in [0.15, 0.2) is 18.2 Å². The fraction of sp³-hybridized carbons (Fsp3) is 0.353. The van der Waals surface area contributed by atoms with Crippen molar-refractivity contribution in [2.24, 2.45) is 0 Å². The van der Waals surface area contributed by atoms with E-state index < -0.39 is 35.6 Å². The predicted molar refractivity (Wildman–Crippen MR) is 88.6 cm³/mol. The highest BCUT2D eigenvalue weighted by Gasteiger charge is 2.45. The van der Waals surface area contributed by atoms with Gasteiger partial charge in [0.05, 0.1) is 23.2 Å². The first-order valence-electron chi connectivity index (χ1n) is 8.08. The third kappa shape index (κ3) is 2.92. The molecule has 1 fully saturated rings. The molecule has 2 aliphatic heterocycles. The van der Waals surface area contributed by atoms with Crippen molar-refractivity contribution in [1.29, 1.82) is 0 Å². The number of hydrogen-bond donors (Lipinski definition) is 2. The number of imide groups is 2. The molecule has 0 aliphatic carbocycles.